The predicted molar refractivity (Wildman–Crippen MR) is 99.8 cm³/mol. The molecule has 2 aromatic carbocycles. The van der Waals surface area contributed by atoms with Gasteiger partial charge in [0.2, 0.25) is 0 Å². The van der Waals surface area contributed by atoms with Gasteiger partial charge in [0.1, 0.15) is 0 Å². The molecule has 0 heterocycles. The zero-order valence-electron chi connectivity index (χ0n) is 14.7. The topological polar surface area (TPSA) is 109 Å². The van der Waals surface area contributed by atoms with Crippen molar-refractivity contribution in [3.63, 3.8) is 0 Å². The van der Waals surface area contributed by atoms with Crippen molar-refractivity contribution < 1.29 is 25.9 Å². The maximum absolute atomic E-state index is 11.5. The maximum atomic E-state index is 11.5. The highest BCUT2D eigenvalue weighted by atomic mass is 32.2. The van der Waals surface area contributed by atoms with Crippen LogP contribution in [0.1, 0.15) is 42.0 Å². The highest BCUT2D eigenvalue weighted by Gasteiger charge is 2.25. The molecule has 0 radical (unpaired) electrons. The molecule has 0 aromatic heterocycles. The Labute approximate surface area is 158 Å². The number of hydrogen-bond acceptors (Lipinski definition) is 4. The van der Waals surface area contributed by atoms with Gasteiger partial charge >= 0.3 is 0 Å². The highest BCUT2D eigenvalue weighted by molar-refractivity contribution is 7.86. The fraction of sp³-hybridized carbons (Fsp3) is 0.263. The lowest BCUT2D eigenvalue weighted by molar-refractivity contribution is 0.476. The maximum Gasteiger partial charge on any atom is 0.294 e. The molecular weight excluding hydrogens is 388 g/mol. The second-order valence-electron chi connectivity index (χ2n) is 6.82. The van der Waals surface area contributed by atoms with Crippen LogP contribution in [0.25, 0.3) is 0 Å². The highest BCUT2D eigenvalue weighted by Crippen LogP contribution is 2.34. The van der Waals surface area contributed by atoms with Crippen molar-refractivity contribution in [2.24, 2.45) is 5.92 Å². The molecule has 27 heavy (non-hydrogen) atoms. The first-order valence-electron chi connectivity index (χ1n) is 8.20. The molecule has 0 amide bonds. The van der Waals surface area contributed by atoms with Gasteiger partial charge in [-0.25, -0.2) is 0 Å². The first kappa shape index (κ1) is 19.6. The predicted octanol–water partition coefficient (Wildman–Crippen LogP) is 2.88. The van der Waals surface area contributed by atoms with Crippen LogP contribution in [0.15, 0.2) is 46.2 Å². The third-order valence-electron chi connectivity index (χ3n) is 4.67. The minimum absolute atomic E-state index is 0.0857. The summed E-state index contributed by atoms with van der Waals surface area (Å²) >= 11 is 0. The van der Waals surface area contributed by atoms with E-state index in [4.69, 9.17) is 0 Å². The summed E-state index contributed by atoms with van der Waals surface area (Å²) in [5.41, 5.74) is 2.64. The molecule has 0 spiro atoms. The molecule has 1 unspecified atom stereocenters. The van der Waals surface area contributed by atoms with Crippen LogP contribution in [0.3, 0.4) is 0 Å². The molecule has 0 bridgehead atoms. The number of hydrogen-bond donors (Lipinski definition) is 2. The average Bonchev–Trinajstić information content (AvgIpc) is 2.54. The lowest BCUT2D eigenvalue weighted by atomic mass is 9.79. The van der Waals surface area contributed by atoms with E-state index in [0.29, 0.717) is 28.7 Å². The van der Waals surface area contributed by atoms with E-state index in [1.165, 1.54) is 24.3 Å². The Hall–Kier alpha value is -2.18. The molecule has 0 aliphatic heterocycles. The number of fused-ring (bicyclic) bond motifs is 2. The van der Waals surface area contributed by atoms with Gasteiger partial charge in [-0.2, -0.15) is 16.8 Å². The zero-order valence-corrected chi connectivity index (χ0v) is 16.3. The smallest absolute Gasteiger partial charge is 0.282 e. The van der Waals surface area contributed by atoms with Gasteiger partial charge in [0.05, 0.1) is 9.79 Å². The minimum Gasteiger partial charge on any atom is -0.282 e. The van der Waals surface area contributed by atoms with E-state index in [9.17, 15) is 25.9 Å². The van der Waals surface area contributed by atoms with Crippen LogP contribution in [0.4, 0.5) is 0 Å². The van der Waals surface area contributed by atoms with Gasteiger partial charge in [-0.05, 0) is 65.8 Å². The molecule has 1 atom stereocenters. The van der Waals surface area contributed by atoms with Crippen molar-refractivity contribution in [3.8, 4) is 11.8 Å². The second kappa shape index (κ2) is 6.77. The standard InChI is InChI=1S/C19H18O6S2/c1-12(2)18-10-15-9-16(26(20,21)22)7-5-13(15)3-4-14-6-8-17(11-19(14)18)27(23,24)25/h5-9,11-12,18H,10H2,1-2H3,(H,20,21,22)(H,23,24,25). The van der Waals surface area contributed by atoms with Gasteiger partial charge in [-0.15, -0.1) is 0 Å². The lowest BCUT2D eigenvalue weighted by Crippen LogP contribution is -2.15. The number of benzene rings is 2. The van der Waals surface area contributed by atoms with Crippen LogP contribution in [0.5, 0.6) is 0 Å². The fourth-order valence-corrected chi connectivity index (χ4v) is 4.27. The Morgan fingerprint density at radius 1 is 0.889 bits per heavy atom. The van der Waals surface area contributed by atoms with Crippen molar-refractivity contribution in [1.82, 2.24) is 0 Å². The first-order chi connectivity index (χ1) is 12.5. The SMILES string of the molecule is CC(C)C1Cc2cc(S(=O)(=O)O)ccc2C#Cc2ccc(S(=O)(=O)O)cc21. The third-order valence-corrected chi connectivity index (χ3v) is 6.37. The monoisotopic (exact) mass is 406 g/mol. The molecule has 0 saturated carbocycles. The van der Waals surface area contributed by atoms with Crippen LogP contribution < -0.4 is 0 Å². The summed E-state index contributed by atoms with van der Waals surface area (Å²) in [4.78, 5) is -0.417. The summed E-state index contributed by atoms with van der Waals surface area (Å²) < 4.78 is 64.7. The van der Waals surface area contributed by atoms with Gasteiger partial charge < -0.3 is 0 Å². The summed E-state index contributed by atoms with van der Waals surface area (Å²) in [6, 6.07) is 8.55. The van der Waals surface area contributed by atoms with Crippen LogP contribution in [-0.4, -0.2) is 25.9 Å². The van der Waals surface area contributed by atoms with E-state index in [-0.39, 0.29) is 21.6 Å². The van der Waals surface area contributed by atoms with E-state index in [2.05, 4.69) is 11.8 Å². The summed E-state index contributed by atoms with van der Waals surface area (Å²) in [6.45, 7) is 3.94. The van der Waals surface area contributed by atoms with Crippen molar-refractivity contribution in [1.29, 1.82) is 0 Å². The van der Waals surface area contributed by atoms with Crippen LogP contribution in [0.2, 0.25) is 0 Å². The van der Waals surface area contributed by atoms with Gasteiger partial charge in [-0.1, -0.05) is 25.7 Å². The lowest BCUT2D eigenvalue weighted by Gasteiger charge is -2.25. The molecular formula is C19H18O6S2. The van der Waals surface area contributed by atoms with Crippen LogP contribution >= 0.6 is 0 Å². The Bertz CT molecular complexity index is 1180. The zero-order chi connectivity index (χ0) is 20.0. The van der Waals surface area contributed by atoms with Crippen molar-refractivity contribution in [2.75, 3.05) is 0 Å². The molecule has 1 aliphatic carbocycles. The van der Waals surface area contributed by atoms with Crippen LogP contribution in [-0.2, 0) is 26.7 Å². The fourth-order valence-electron chi connectivity index (χ4n) is 3.22. The quantitative estimate of drug-likeness (QED) is 0.599. The van der Waals surface area contributed by atoms with Gasteiger partial charge in [0, 0.05) is 11.1 Å². The Balaban J connectivity index is 2.24. The molecule has 0 saturated heterocycles. The third kappa shape index (κ3) is 4.06. The van der Waals surface area contributed by atoms with Gasteiger partial charge in [0.15, 0.2) is 0 Å². The van der Waals surface area contributed by atoms with Gasteiger partial charge in [0.25, 0.3) is 20.2 Å². The van der Waals surface area contributed by atoms with Gasteiger partial charge in [-0.3, -0.25) is 9.11 Å². The summed E-state index contributed by atoms with van der Waals surface area (Å²) in [7, 11) is -8.70. The molecule has 2 aromatic rings. The second-order valence-corrected chi connectivity index (χ2v) is 9.67. The van der Waals surface area contributed by atoms with Crippen molar-refractivity contribution in [2.45, 2.75) is 36.0 Å². The minimum atomic E-state index is -4.35. The molecule has 0 fully saturated rings. The van der Waals surface area contributed by atoms with E-state index in [1.807, 2.05) is 13.8 Å². The molecule has 1 aliphatic rings. The van der Waals surface area contributed by atoms with Crippen molar-refractivity contribution in [3.05, 3.63) is 58.7 Å². The Morgan fingerprint density at radius 3 is 1.96 bits per heavy atom. The summed E-state index contributed by atoms with van der Waals surface area (Å²) in [6.07, 6.45) is 0.410. The van der Waals surface area contributed by atoms with E-state index < -0.39 is 20.2 Å². The summed E-state index contributed by atoms with van der Waals surface area (Å²) in [5, 5.41) is 0. The molecule has 142 valence electrons. The molecule has 2 N–H and O–H groups in total. The van der Waals surface area contributed by atoms with Crippen molar-refractivity contribution >= 4 is 20.2 Å². The molecule has 6 nitrogen and oxygen atoms in total. The normalized spacial score (nSPS) is 16.6. The molecule has 8 heteroatoms. The van der Waals surface area contributed by atoms with Crippen LogP contribution in [0, 0.1) is 17.8 Å². The van der Waals surface area contributed by atoms with E-state index in [0.717, 1.165) is 0 Å². The Morgan fingerprint density at radius 2 is 1.41 bits per heavy atom. The largest absolute Gasteiger partial charge is 0.294 e. The van der Waals surface area contributed by atoms with E-state index >= 15 is 0 Å². The number of rotatable bonds is 3. The average molecular weight is 406 g/mol. The summed E-state index contributed by atoms with van der Waals surface area (Å²) in [5.74, 6) is 5.91. The molecule has 3 rings (SSSR count). The van der Waals surface area contributed by atoms with E-state index in [1.54, 1.807) is 12.1 Å². The first-order valence-corrected chi connectivity index (χ1v) is 11.1. The Kier molecular flexibility index (Phi) is 4.91.